The normalized spacial score (nSPS) is 16.4. The highest BCUT2D eigenvalue weighted by Crippen LogP contribution is 2.36. The average molecular weight is 753 g/mol. The SMILES string of the molecule is CCOC(=O)c1ccc(C(C(=O)NC(CC(C)C)c2ccccc2N2CCCCC2)C(=O)NC(CC(C)C)c2ccccc2N2CCCCC2)cc1OCC. The van der Waals surface area contributed by atoms with Crippen LogP contribution in [0.5, 0.6) is 5.75 Å². The quantitative estimate of drug-likeness (QED) is 0.105. The van der Waals surface area contributed by atoms with Crippen molar-refractivity contribution in [2.45, 2.75) is 111 Å². The molecule has 3 aromatic rings. The zero-order valence-electron chi connectivity index (χ0n) is 34.1. The minimum absolute atomic E-state index is 0.214. The number of hydrogen-bond acceptors (Lipinski definition) is 7. The number of nitrogens with zero attached hydrogens (tertiary/aromatic N) is 2. The number of amides is 2. The third-order valence-corrected chi connectivity index (χ3v) is 10.7. The molecule has 0 spiro atoms. The third kappa shape index (κ3) is 11.0. The Labute approximate surface area is 329 Å². The van der Waals surface area contributed by atoms with Crippen molar-refractivity contribution in [3.8, 4) is 5.75 Å². The molecule has 2 N–H and O–H groups in total. The van der Waals surface area contributed by atoms with Crippen LogP contribution in [0.4, 0.5) is 11.4 Å². The number of rotatable bonds is 17. The number of carbonyl (C=O) groups is 3. The van der Waals surface area contributed by atoms with Crippen LogP contribution in [0.3, 0.4) is 0 Å². The molecule has 55 heavy (non-hydrogen) atoms. The third-order valence-electron chi connectivity index (χ3n) is 10.7. The van der Waals surface area contributed by atoms with Gasteiger partial charge >= 0.3 is 5.97 Å². The van der Waals surface area contributed by atoms with Gasteiger partial charge in [0, 0.05) is 37.6 Å². The summed E-state index contributed by atoms with van der Waals surface area (Å²) in [4.78, 5) is 47.7. The van der Waals surface area contributed by atoms with Gasteiger partial charge in [0.1, 0.15) is 17.2 Å². The van der Waals surface area contributed by atoms with E-state index in [1.165, 1.54) is 12.8 Å². The first-order chi connectivity index (χ1) is 26.6. The number of benzene rings is 3. The lowest BCUT2D eigenvalue weighted by Gasteiger charge is -2.34. The largest absolute Gasteiger partial charge is 0.493 e. The van der Waals surface area contributed by atoms with Gasteiger partial charge in [-0.3, -0.25) is 9.59 Å². The highest BCUT2D eigenvalue weighted by Gasteiger charge is 2.35. The van der Waals surface area contributed by atoms with Crippen LogP contribution in [0.2, 0.25) is 0 Å². The van der Waals surface area contributed by atoms with E-state index in [9.17, 15) is 14.4 Å². The zero-order chi connectivity index (χ0) is 39.3. The molecule has 9 nitrogen and oxygen atoms in total. The van der Waals surface area contributed by atoms with Crippen molar-refractivity contribution < 1.29 is 23.9 Å². The standard InChI is InChI=1S/C46H64N4O5/c1-7-54-42-31-34(23-24-37(42)46(53)55-8-2)43(44(51)47-38(29-32(3)4)35-19-11-13-21-40(35)49-25-15-9-16-26-49)45(52)48-39(30-33(5)6)36-20-12-14-22-41(36)50-27-17-10-18-28-50/h11-14,19-24,31-33,38-39,43H,7-10,15-18,25-30H2,1-6H3,(H,47,51)(H,48,52). The molecule has 5 rings (SSSR count). The van der Waals surface area contributed by atoms with Crippen molar-refractivity contribution in [1.29, 1.82) is 0 Å². The first-order valence-corrected chi connectivity index (χ1v) is 20.8. The molecule has 2 atom stereocenters. The molecule has 298 valence electrons. The van der Waals surface area contributed by atoms with E-state index in [0.29, 0.717) is 25.0 Å². The molecule has 2 heterocycles. The Morgan fingerprint density at radius 1 is 0.636 bits per heavy atom. The maximum Gasteiger partial charge on any atom is 0.341 e. The van der Waals surface area contributed by atoms with Gasteiger partial charge in [0.15, 0.2) is 0 Å². The van der Waals surface area contributed by atoms with Crippen molar-refractivity contribution in [2.24, 2.45) is 11.8 Å². The van der Waals surface area contributed by atoms with Crippen LogP contribution in [0, 0.1) is 11.8 Å². The minimum Gasteiger partial charge on any atom is -0.493 e. The van der Waals surface area contributed by atoms with Crippen molar-refractivity contribution in [1.82, 2.24) is 10.6 Å². The van der Waals surface area contributed by atoms with Gasteiger partial charge in [0.2, 0.25) is 11.8 Å². The highest BCUT2D eigenvalue weighted by molar-refractivity contribution is 6.06. The summed E-state index contributed by atoms with van der Waals surface area (Å²) in [6.45, 7) is 16.7. The molecule has 0 aliphatic carbocycles. The molecule has 0 bridgehead atoms. The Balaban J connectivity index is 1.56. The number of piperidine rings is 2. The number of anilines is 2. The highest BCUT2D eigenvalue weighted by atomic mass is 16.5. The van der Waals surface area contributed by atoms with E-state index in [2.05, 4.69) is 84.5 Å². The smallest absolute Gasteiger partial charge is 0.341 e. The molecular weight excluding hydrogens is 689 g/mol. The summed E-state index contributed by atoms with van der Waals surface area (Å²) in [6, 6.07) is 21.1. The lowest BCUT2D eigenvalue weighted by Crippen LogP contribution is -2.43. The molecule has 3 aromatic carbocycles. The van der Waals surface area contributed by atoms with Crippen molar-refractivity contribution in [2.75, 3.05) is 49.2 Å². The maximum atomic E-state index is 15.0. The predicted octanol–water partition coefficient (Wildman–Crippen LogP) is 9.13. The van der Waals surface area contributed by atoms with Crippen LogP contribution >= 0.6 is 0 Å². The van der Waals surface area contributed by atoms with Gasteiger partial charge in [0.05, 0.1) is 25.3 Å². The second-order valence-electron chi connectivity index (χ2n) is 15.9. The zero-order valence-corrected chi connectivity index (χ0v) is 34.1. The Bertz CT molecular complexity index is 1620. The summed E-state index contributed by atoms with van der Waals surface area (Å²) in [5.41, 5.74) is 5.11. The van der Waals surface area contributed by atoms with Crippen molar-refractivity contribution >= 4 is 29.2 Å². The van der Waals surface area contributed by atoms with E-state index >= 15 is 0 Å². The van der Waals surface area contributed by atoms with E-state index in [0.717, 1.165) is 74.4 Å². The topological polar surface area (TPSA) is 100 Å². The van der Waals surface area contributed by atoms with E-state index in [1.54, 1.807) is 25.1 Å². The van der Waals surface area contributed by atoms with Gasteiger partial charge in [-0.05, 0) is 118 Å². The lowest BCUT2D eigenvalue weighted by molar-refractivity contribution is -0.132. The molecule has 2 aliphatic rings. The average Bonchev–Trinajstić information content (AvgIpc) is 3.18. The summed E-state index contributed by atoms with van der Waals surface area (Å²) in [5.74, 6) is -1.67. The number of esters is 1. The number of carbonyl (C=O) groups excluding carboxylic acids is 3. The summed E-state index contributed by atoms with van der Waals surface area (Å²) < 4.78 is 11.3. The molecule has 2 unspecified atom stereocenters. The number of para-hydroxylation sites is 2. The Morgan fingerprint density at radius 3 is 1.55 bits per heavy atom. The molecular formula is C46H64N4O5. The molecule has 0 saturated carbocycles. The van der Waals surface area contributed by atoms with Crippen LogP contribution < -0.4 is 25.2 Å². The molecule has 2 aliphatic heterocycles. The number of ether oxygens (including phenoxy) is 2. The van der Waals surface area contributed by atoms with Gasteiger partial charge in [-0.15, -0.1) is 0 Å². The second-order valence-corrected chi connectivity index (χ2v) is 15.9. The van der Waals surface area contributed by atoms with Gasteiger partial charge in [-0.1, -0.05) is 70.2 Å². The number of hydrogen-bond donors (Lipinski definition) is 2. The second kappa shape index (κ2) is 20.4. The predicted molar refractivity (Wildman–Crippen MR) is 222 cm³/mol. The van der Waals surface area contributed by atoms with E-state index in [1.807, 2.05) is 19.1 Å². The van der Waals surface area contributed by atoms with Crippen LogP contribution in [-0.2, 0) is 14.3 Å². The molecule has 0 radical (unpaired) electrons. The minimum atomic E-state index is -1.22. The Morgan fingerprint density at radius 2 is 1.11 bits per heavy atom. The molecule has 0 aromatic heterocycles. The lowest BCUT2D eigenvalue weighted by atomic mass is 9.90. The first-order valence-electron chi connectivity index (χ1n) is 20.8. The maximum absolute atomic E-state index is 15.0. The first kappa shape index (κ1) is 41.6. The van der Waals surface area contributed by atoms with E-state index in [4.69, 9.17) is 9.47 Å². The summed E-state index contributed by atoms with van der Waals surface area (Å²) in [7, 11) is 0. The fourth-order valence-corrected chi connectivity index (χ4v) is 8.18. The fourth-order valence-electron chi connectivity index (χ4n) is 8.18. The van der Waals surface area contributed by atoms with Crippen LogP contribution in [0.1, 0.15) is 138 Å². The fraction of sp³-hybridized carbons (Fsp3) is 0.543. The van der Waals surface area contributed by atoms with Crippen molar-refractivity contribution in [3.05, 3.63) is 89.0 Å². The Hall–Kier alpha value is -4.53. The Kier molecular flexibility index (Phi) is 15.4. The molecule has 9 heteroatoms. The summed E-state index contributed by atoms with van der Waals surface area (Å²) in [6.07, 6.45) is 8.41. The van der Waals surface area contributed by atoms with Gasteiger partial charge in [-0.25, -0.2) is 4.79 Å². The van der Waals surface area contributed by atoms with Gasteiger partial charge in [-0.2, -0.15) is 0 Å². The summed E-state index contributed by atoms with van der Waals surface area (Å²) >= 11 is 0. The van der Waals surface area contributed by atoms with E-state index < -0.39 is 23.7 Å². The van der Waals surface area contributed by atoms with Crippen LogP contribution in [-0.4, -0.2) is 57.2 Å². The number of nitrogens with one attached hydrogen (secondary N) is 2. The van der Waals surface area contributed by atoms with E-state index in [-0.39, 0.29) is 41.8 Å². The molecule has 2 fully saturated rings. The van der Waals surface area contributed by atoms with Gasteiger partial charge in [0.25, 0.3) is 0 Å². The van der Waals surface area contributed by atoms with Crippen molar-refractivity contribution in [3.63, 3.8) is 0 Å². The monoisotopic (exact) mass is 752 g/mol. The van der Waals surface area contributed by atoms with Gasteiger partial charge < -0.3 is 29.9 Å². The molecule has 2 amide bonds. The van der Waals surface area contributed by atoms with Crippen LogP contribution in [0.15, 0.2) is 66.7 Å². The van der Waals surface area contributed by atoms with Crippen LogP contribution in [0.25, 0.3) is 0 Å². The summed E-state index contributed by atoms with van der Waals surface area (Å²) in [5, 5.41) is 6.77. The molecule has 2 saturated heterocycles.